The number of rotatable bonds is 8. The van der Waals surface area contributed by atoms with Crippen LogP contribution in [0.25, 0.3) is 5.57 Å². The zero-order chi connectivity index (χ0) is 13.5. The van der Waals surface area contributed by atoms with E-state index in [0.717, 1.165) is 0 Å². The number of hydrogen-bond donors (Lipinski definition) is 0. The Morgan fingerprint density at radius 3 is 2.42 bits per heavy atom. The monoisotopic (exact) mass is 256 g/mol. The van der Waals surface area contributed by atoms with Crippen LogP contribution in [-0.2, 0) is 6.42 Å². The highest BCUT2D eigenvalue weighted by atomic mass is 14.2. The second kappa shape index (κ2) is 7.53. The summed E-state index contributed by atoms with van der Waals surface area (Å²) in [6, 6.07) is 9.03. The van der Waals surface area contributed by atoms with Crippen LogP contribution in [0.3, 0.4) is 0 Å². The van der Waals surface area contributed by atoms with Crippen LogP contribution in [0.4, 0.5) is 0 Å². The molecule has 0 fully saturated rings. The normalized spacial score (nSPS) is 14.0. The maximum absolute atomic E-state index is 2.33. The van der Waals surface area contributed by atoms with E-state index in [4.69, 9.17) is 0 Å². The topological polar surface area (TPSA) is 0 Å². The van der Waals surface area contributed by atoms with Crippen molar-refractivity contribution in [3.63, 3.8) is 0 Å². The van der Waals surface area contributed by atoms with E-state index in [2.05, 4.69) is 38.1 Å². The van der Waals surface area contributed by atoms with Gasteiger partial charge in [0.25, 0.3) is 0 Å². The molecule has 1 aromatic rings. The van der Waals surface area contributed by atoms with Crippen molar-refractivity contribution in [1.29, 1.82) is 0 Å². The van der Waals surface area contributed by atoms with E-state index in [0.29, 0.717) is 0 Å². The van der Waals surface area contributed by atoms with Crippen LogP contribution in [-0.4, -0.2) is 0 Å². The first-order valence-electron chi connectivity index (χ1n) is 8.16. The minimum atomic E-state index is 1.22. The van der Waals surface area contributed by atoms with Crippen LogP contribution in [0.5, 0.6) is 0 Å². The van der Waals surface area contributed by atoms with Crippen LogP contribution < -0.4 is 0 Å². The molecule has 0 spiro atoms. The Kier molecular flexibility index (Phi) is 5.69. The molecule has 0 amide bonds. The molecule has 19 heavy (non-hydrogen) atoms. The van der Waals surface area contributed by atoms with Gasteiger partial charge in [0.2, 0.25) is 0 Å². The van der Waals surface area contributed by atoms with Gasteiger partial charge in [-0.15, -0.1) is 0 Å². The van der Waals surface area contributed by atoms with Crippen molar-refractivity contribution >= 4 is 5.57 Å². The summed E-state index contributed by atoms with van der Waals surface area (Å²) in [5.74, 6) is 0. The van der Waals surface area contributed by atoms with Crippen molar-refractivity contribution in [2.24, 2.45) is 0 Å². The first-order chi connectivity index (χ1) is 9.36. The van der Waals surface area contributed by atoms with E-state index in [1.807, 2.05) is 0 Å². The lowest BCUT2D eigenvalue weighted by atomic mass is 9.97. The molecule has 104 valence electrons. The van der Waals surface area contributed by atoms with Crippen LogP contribution >= 0.6 is 0 Å². The lowest BCUT2D eigenvalue weighted by Gasteiger charge is -2.08. The van der Waals surface area contributed by atoms with E-state index in [1.54, 1.807) is 22.3 Å². The molecule has 0 heterocycles. The molecule has 0 nitrogen and oxygen atoms in total. The van der Waals surface area contributed by atoms with Crippen molar-refractivity contribution in [1.82, 2.24) is 0 Å². The lowest BCUT2D eigenvalue weighted by molar-refractivity contribution is 0.639. The Morgan fingerprint density at radius 2 is 1.63 bits per heavy atom. The van der Waals surface area contributed by atoms with Gasteiger partial charge in [-0.2, -0.15) is 0 Å². The second-order valence-corrected chi connectivity index (χ2v) is 5.83. The van der Waals surface area contributed by atoms with Crippen LogP contribution in [0.15, 0.2) is 29.8 Å². The Morgan fingerprint density at radius 1 is 0.842 bits per heavy atom. The minimum Gasteiger partial charge on any atom is -0.0654 e. The Balaban J connectivity index is 1.99. The molecule has 1 aliphatic carbocycles. The van der Waals surface area contributed by atoms with Crippen LogP contribution in [0.2, 0.25) is 0 Å². The van der Waals surface area contributed by atoms with Crippen molar-refractivity contribution < 1.29 is 0 Å². The van der Waals surface area contributed by atoms with E-state index < -0.39 is 0 Å². The second-order valence-electron chi connectivity index (χ2n) is 5.83. The van der Waals surface area contributed by atoms with Gasteiger partial charge in [0, 0.05) is 0 Å². The standard InChI is InChI=1S/C19H28/c1-3-5-6-7-8-13-18-16(11-4-2)15-17-12-9-10-14-19(17)18/h9-10,12,14H,3-8,11,13,15H2,1-2H3. The van der Waals surface area contributed by atoms with Crippen LogP contribution in [0.1, 0.15) is 76.3 Å². The molecule has 0 bridgehead atoms. The maximum Gasteiger partial charge on any atom is -0.00550 e. The zero-order valence-corrected chi connectivity index (χ0v) is 12.7. The van der Waals surface area contributed by atoms with Gasteiger partial charge in [-0.3, -0.25) is 0 Å². The van der Waals surface area contributed by atoms with Gasteiger partial charge in [0.05, 0.1) is 0 Å². The van der Waals surface area contributed by atoms with Gasteiger partial charge < -0.3 is 0 Å². The largest absolute Gasteiger partial charge is 0.0654 e. The fourth-order valence-corrected chi connectivity index (χ4v) is 3.25. The third-order valence-electron chi connectivity index (χ3n) is 4.26. The minimum absolute atomic E-state index is 1.22. The molecule has 1 aromatic carbocycles. The molecular formula is C19H28. The first kappa shape index (κ1) is 14.4. The van der Waals surface area contributed by atoms with Crippen LogP contribution in [0, 0.1) is 0 Å². The van der Waals surface area contributed by atoms with Crippen molar-refractivity contribution in [3.8, 4) is 0 Å². The highest BCUT2D eigenvalue weighted by Crippen LogP contribution is 2.37. The number of unbranched alkanes of at least 4 members (excludes halogenated alkanes) is 4. The molecule has 0 radical (unpaired) electrons. The summed E-state index contributed by atoms with van der Waals surface area (Å²) in [5, 5.41) is 0. The summed E-state index contributed by atoms with van der Waals surface area (Å²) >= 11 is 0. The van der Waals surface area contributed by atoms with Gasteiger partial charge in [-0.25, -0.2) is 0 Å². The van der Waals surface area contributed by atoms with Gasteiger partial charge in [-0.1, -0.05) is 75.8 Å². The average molecular weight is 256 g/mol. The molecule has 1 aliphatic rings. The third-order valence-corrected chi connectivity index (χ3v) is 4.26. The molecule has 0 aliphatic heterocycles. The summed E-state index contributed by atoms with van der Waals surface area (Å²) < 4.78 is 0. The predicted molar refractivity (Wildman–Crippen MR) is 85.4 cm³/mol. The molecular weight excluding hydrogens is 228 g/mol. The van der Waals surface area contributed by atoms with Crippen molar-refractivity contribution in [2.45, 2.75) is 71.6 Å². The summed E-state index contributed by atoms with van der Waals surface area (Å²) in [5.41, 5.74) is 6.53. The summed E-state index contributed by atoms with van der Waals surface area (Å²) in [6.45, 7) is 4.59. The quantitative estimate of drug-likeness (QED) is 0.489. The molecule has 0 unspecified atom stereocenters. The maximum atomic E-state index is 2.33. The van der Waals surface area contributed by atoms with Crippen molar-refractivity contribution in [2.75, 3.05) is 0 Å². The van der Waals surface area contributed by atoms with Gasteiger partial charge >= 0.3 is 0 Å². The Bertz CT molecular complexity index is 425. The Labute approximate surface area is 118 Å². The first-order valence-corrected chi connectivity index (χ1v) is 8.16. The van der Waals surface area contributed by atoms with Gasteiger partial charge in [0.15, 0.2) is 0 Å². The summed E-state index contributed by atoms with van der Waals surface area (Å²) in [6.07, 6.45) is 12.0. The molecule has 2 rings (SSSR count). The summed E-state index contributed by atoms with van der Waals surface area (Å²) in [4.78, 5) is 0. The average Bonchev–Trinajstić information content (AvgIpc) is 2.77. The molecule has 0 heteroatoms. The zero-order valence-electron chi connectivity index (χ0n) is 12.7. The smallest absolute Gasteiger partial charge is 0.00550 e. The molecule has 0 saturated carbocycles. The number of allylic oxidation sites excluding steroid dienone is 2. The Hall–Kier alpha value is -1.04. The third kappa shape index (κ3) is 3.72. The van der Waals surface area contributed by atoms with E-state index in [1.165, 1.54) is 57.8 Å². The highest BCUT2D eigenvalue weighted by Gasteiger charge is 2.19. The fraction of sp³-hybridized carbons (Fsp3) is 0.579. The van der Waals surface area contributed by atoms with E-state index >= 15 is 0 Å². The van der Waals surface area contributed by atoms with Crippen molar-refractivity contribution in [3.05, 3.63) is 41.0 Å². The highest BCUT2D eigenvalue weighted by molar-refractivity contribution is 5.76. The molecule has 0 atom stereocenters. The molecule has 0 aromatic heterocycles. The van der Waals surface area contributed by atoms with E-state index in [-0.39, 0.29) is 0 Å². The SMILES string of the molecule is CCCCCCCC1=C(CCC)Cc2ccccc21. The molecule has 0 saturated heterocycles. The lowest BCUT2D eigenvalue weighted by Crippen LogP contribution is -1.87. The number of hydrogen-bond acceptors (Lipinski definition) is 0. The van der Waals surface area contributed by atoms with Gasteiger partial charge in [0.1, 0.15) is 0 Å². The number of benzene rings is 1. The van der Waals surface area contributed by atoms with Gasteiger partial charge in [-0.05, 0) is 42.4 Å². The summed E-state index contributed by atoms with van der Waals surface area (Å²) in [7, 11) is 0. The predicted octanol–water partition coefficient (Wildman–Crippen LogP) is 6.16. The van der Waals surface area contributed by atoms with E-state index in [9.17, 15) is 0 Å². The molecule has 0 N–H and O–H groups in total. The number of fused-ring (bicyclic) bond motifs is 1. The fourth-order valence-electron chi connectivity index (χ4n) is 3.25.